The second-order valence-electron chi connectivity index (χ2n) is 6.04. The number of aromatic hydroxyl groups is 2. The van der Waals surface area contributed by atoms with Gasteiger partial charge in [0.2, 0.25) is 0 Å². The molecule has 0 radical (unpaired) electrons. The summed E-state index contributed by atoms with van der Waals surface area (Å²) < 4.78 is 0. The fourth-order valence-corrected chi connectivity index (χ4v) is 2.54. The molecule has 130 valence electrons. The second kappa shape index (κ2) is 8.83. The normalized spacial score (nSPS) is 10.9. The van der Waals surface area contributed by atoms with Gasteiger partial charge in [-0.1, -0.05) is 24.3 Å². The van der Waals surface area contributed by atoms with Crippen molar-refractivity contribution in [1.82, 2.24) is 0 Å². The van der Waals surface area contributed by atoms with Crippen molar-refractivity contribution < 1.29 is 19.8 Å². The lowest BCUT2D eigenvalue weighted by molar-refractivity contribution is -0.114. The Morgan fingerprint density at radius 2 is 1.72 bits per heavy atom. The number of aldehydes is 1. The van der Waals surface area contributed by atoms with Crippen molar-refractivity contribution in [1.29, 1.82) is 0 Å². The summed E-state index contributed by atoms with van der Waals surface area (Å²) in [5.41, 5.74) is 3.06. The Labute approximate surface area is 147 Å². The number of rotatable bonds is 8. The Bertz CT molecular complexity index is 790. The highest BCUT2D eigenvalue weighted by atomic mass is 16.3. The van der Waals surface area contributed by atoms with Crippen LogP contribution < -0.4 is 0 Å². The third kappa shape index (κ3) is 5.60. The van der Waals surface area contributed by atoms with Crippen molar-refractivity contribution in [2.45, 2.75) is 32.6 Å². The third-order valence-electron chi connectivity index (χ3n) is 4.04. The molecule has 0 amide bonds. The summed E-state index contributed by atoms with van der Waals surface area (Å²) in [6.07, 6.45) is 6.51. The smallest absolute Gasteiger partial charge is 0.155 e. The summed E-state index contributed by atoms with van der Waals surface area (Å²) in [6.45, 7) is 1.86. The number of phenolic OH excluding ortho intramolecular Hbond substituents is 2. The molecule has 2 aromatic rings. The summed E-state index contributed by atoms with van der Waals surface area (Å²) in [4.78, 5) is 22.7. The number of hydrogen-bond donors (Lipinski definition) is 2. The lowest BCUT2D eigenvalue weighted by Gasteiger charge is -2.03. The number of carbonyl (C=O) groups is 2. The summed E-state index contributed by atoms with van der Waals surface area (Å²) in [5, 5.41) is 19.0. The van der Waals surface area contributed by atoms with Crippen LogP contribution in [0.15, 0.2) is 48.6 Å². The zero-order valence-corrected chi connectivity index (χ0v) is 14.2. The summed E-state index contributed by atoms with van der Waals surface area (Å²) in [5.74, 6) is 0.276. The van der Waals surface area contributed by atoms with Gasteiger partial charge in [-0.05, 0) is 67.2 Å². The van der Waals surface area contributed by atoms with E-state index in [4.69, 9.17) is 0 Å². The zero-order chi connectivity index (χ0) is 18.2. The first kappa shape index (κ1) is 18.5. The first-order valence-electron chi connectivity index (χ1n) is 8.24. The SMILES string of the molecule is Cc1cc(CC/C=C/C(=O)CCc2ccc(O)c([3CH]=O)c2)ccc1O. The van der Waals surface area contributed by atoms with E-state index in [1.165, 1.54) is 6.07 Å². The number of allylic oxidation sites excluding steroid dienone is 2. The monoisotopic (exact) mass is 329 g/mol. The maximum Gasteiger partial charge on any atom is 0.155 e. The predicted molar refractivity (Wildman–Crippen MR) is 97.1 cm³/mol. The fourth-order valence-electron chi connectivity index (χ4n) is 2.54. The molecule has 0 atom stereocenters. The van der Waals surface area contributed by atoms with E-state index in [0.29, 0.717) is 24.9 Å². The largest absolute Gasteiger partial charge is 0.508 e. The number of phenols is 2. The Balaban J connectivity index is 1.78. The van der Waals surface area contributed by atoms with Crippen molar-refractivity contribution in [3.8, 4) is 11.5 Å². The van der Waals surface area contributed by atoms with Crippen molar-refractivity contribution in [3.05, 3.63) is 70.8 Å². The van der Waals surface area contributed by atoms with Gasteiger partial charge in [0.15, 0.2) is 12.1 Å². The van der Waals surface area contributed by atoms with E-state index in [1.807, 2.05) is 25.1 Å². The molecule has 0 fully saturated rings. The highest BCUT2D eigenvalue weighted by Crippen LogP contribution is 2.18. The minimum absolute atomic E-state index is 0.0302. The molecule has 0 aromatic heterocycles. The van der Waals surface area contributed by atoms with Gasteiger partial charge in [0.05, 0.1) is 5.56 Å². The van der Waals surface area contributed by atoms with E-state index < -0.39 is 0 Å². The Morgan fingerprint density at radius 1 is 1.04 bits per heavy atom. The van der Waals surface area contributed by atoms with E-state index in [0.717, 1.165) is 29.5 Å². The lowest BCUT2D eigenvalue weighted by atomic mass is 2.85. The van der Waals surface area contributed by atoms with Crippen LogP contribution >= 0.6 is 0 Å². The van der Waals surface area contributed by atoms with Gasteiger partial charge >= 0.3 is 0 Å². The molecule has 0 aliphatic rings. The van der Waals surface area contributed by atoms with Gasteiger partial charge in [0, 0.05) is 6.42 Å². The van der Waals surface area contributed by atoms with Gasteiger partial charge in [0.1, 0.15) is 11.5 Å². The third-order valence-corrected chi connectivity index (χ3v) is 4.04. The van der Waals surface area contributed by atoms with Gasteiger partial charge in [-0.3, -0.25) is 9.59 Å². The van der Waals surface area contributed by atoms with Crippen molar-refractivity contribution in [2.24, 2.45) is 0 Å². The van der Waals surface area contributed by atoms with Gasteiger partial charge < -0.3 is 10.2 Å². The van der Waals surface area contributed by atoms with Gasteiger partial charge in [-0.15, -0.1) is 0 Å². The molecule has 4 nitrogen and oxygen atoms in total. The van der Waals surface area contributed by atoms with E-state index in [9.17, 15) is 19.8 Å². The fraction of sp³-hybridized carbons (Fsp3) is 0.238. The first-order valence-corrected chi connectivity index (χ1v) is 8.24. The predicted octanol–water partition coefficient (Wildman–Crippen LogP) is 3.91. The van der Waals surface area contributed by atoms with Crippen molar-refractivity contribution in [3.63, 3.8) is 0 Å². The van der Waals surface area contributed by atoms with Crippen LogP contribution in [0.5, 0.6) is 11.5 Å². The average Bonchev–Trinajstić information content (AvgIpc) is 2.61. The summed E-state index contributed by atoms with van der Waals surface area (Å²) in [7, 11) is 0. The lowest BCUT2D eigenvalue weighted by Crippen LogP contribution is -1.97. The molecule has 2 N–H and O–H groups in total. The molecule has 0 saturated heterocycles. The van der Waals surface area contributed by atoms with Crippen LogP contribution in [0.2, 0.25) is 0 Å². The maximum absolute atomic E-state index is 11.9. The Kier molecular flexibility index (Phi) is 6.52. The topological polar surface area (TPSA) is 74.6 Å². The molecule has 25 heavy (non-hydrogen) atoms. The minimum Gasteiger partial charge on any atom is -0.508 e. The summed E-state index contributed by atoms with van der Waals surface area (Å²) >= 11 is 0. The Morgan fingerprint density at radius 3 is 2.40 bits per heavy atom. The van der Waals surface area contributed by atoms with Crippen LogP contribution in [0.4, 0.5) is 0 Å². The highest BCUT2D eigenvalue weighted by Gasteiger charge is 2.04. The maximum atomic E-state index is 11.9. The minimum atomic E-state index is -0.0468. The second-order valence-corrected chi connectivity index (χ2v) is 6.04. The molecule has 2 aromatic carbocycles. The van der Waals surface area contributed by atoms with Crippen LogP contribution in [0, 0.1) is 6.92 Å². The highest BCUT2D eigenvalue weighted by molar-refractivity contribution is 5.89. The van der Waals surface area contributed by atoms with Gasteiger partial charge in [-0.25, -0.2) is 0 Å². The van der Waals surface area contributed by atoms with Crippen molar-refractivity contribution in [2.75, 3.05) is 0 Å². The molecule has 2 rings (SSSR count). The molecule has 0 saturated carbocycles. The molecule has 0 unspecified atom stereocenters. The molecule has 0 heterocycles. The first-order chi connectivity index (χ1) is 12.0. The number of ketones is 1. The zero-order valence-electron chi connectivity index (χ0n) is 14.2. The number of carbonyl (C=O) groups excluding carboxylic acids is 2. The molecule has 0 spiro atoms. The van der Waals surface area contributed by atoms with Crippen LogP contribution in [-0.4, -0.2) is 22.3 Å². The molecule has 0 aliphatic heterocycles. The number of aryl methyl sites for hydroxylation is 3. The van der Waals surface area contributed by atoms with Crippen LogP contribution in [0.25, 0.3) is 0 Å². The summed E-state index contributed by atoms with van der Waals surface area (Å²) in [6, 6.07) is 10.3. The quantitative estimate of drug-likeness (QED) is 0.569. The van der Waals surface area contributed by atoms with Crippen LogP contribution in [-0.2, 0) is 17.6 Å². The molecule has 0 bridgehead atoms. The van der Waals surface area contributed by atoms with Crippen LogP contribution in [0.1, 0.15) is 39.9 Å². The van der Waals surface area contributed by atoms with E-state index in [1.54, 1.807) is 24.3 Å². The average molecular weight is 329 g/mol. The molecular formula is C21H22O4. The number of benzene rings is 2. The van der Waals surface area contributed by atoms with E-state index in [-0.39, 0.29) is 17.1 Å². The van der Waals surface area contributed by atoms with Crippen LogP contribution in [0.3, 0.4) is 0 Å². The van der Waals surface area contributed by atoms with Crippen molar-refractivity contribution >= 4 is 12.1 Å². The van der Waals surface area contributed by atoms with E-state index >= 15 is 0 Å². The van der Waals surface area contributed by atoms with Gasteiger partial charge in [-0.2, -0.15) is 0 Å². The molecular weight excluding hydrogens is 307 g/mol. The standard InChI is InChI=1S/C21H22O4/c1-15-12-16(7-10-20(15)24)4-2-3-5-19(23)9-6-17-8-11-21(25)18(13-17)14-22/h3,5,7-8,10-14,24-25H,2,4,6,9H2,1H3/b5-3+/i14-9. The number of hydrogen-bond acceptors (Lipinski definition) is 4. The van der Waals surface area contributed by atoms with E-state index in [2.05, 4.69) is 0 Å². The Hall–Kier alpha value is -2.88. The van der Waals surface area contributed by atoms with Gasteiger partial charge in [0.25, 0.3) is 0 Å². The molecule has 0 aliphatic carbocycles. The molecule has 4 heteroatoms.